The van der Waals surface area contributed by atoms with Crippen LogP contribution >= 0.6 is 0 Å². The first-order valence-corrected chi connectivity index (χ1v) is 9.14. The summed E-state index contributed by atoms with van der Waals surface area (Å²) in [7, 11) is 0. The van der Waals surface area contributed by atoms with Gasteiger partial charge in [0.05, 0.1) is 0 Å². The van der Waals surface area contributed by atoms with Gasteiger partial charge >= 0.3 is 0 Å². The van der Waals surface area contributed by atoms with Crippen molar-refractivity contribution < 1.29 is 4.52 Å². The Balaban J connectivity index is 1.58. The predicted molar refractivity (Wildman–Crippen MR) is 93.7 cm³/mol. The fourth-order valence-corrected chi connectivity index (χ4v) is 4.39. The molecule has 128 valence electrons. The molecule has 3 heterocycles. The quantitative estimate of drug-likeness (QED) is 0.841. The van der Waals surface area contributed by atoms with E-state index < -0.39 is 0 Å². The highest BCUT2D eigenvalue weighted by Gasteiger charge is 2.46. The van der Waals surface area contributed by atoms with Gasteiger partial charge in [0.15, 0.2) is 5.82 Å². The van der Waals surface area contributed by atoms with Crippen LogP contribution in [0.4, 0.5) is 0 Å². The molecule has 0 N–H and O–H groups in total. The molecule has 4 heteroatoms. The van der Waals surface area contributed by atoms with Crippen molar-refractivity contribution in [1.29, 1.82) is 0 Å². The van der Waals surface area contributed by atoms with E-state index in [1.165, 1.54) is 24.9 Å². The number of aromatic nitrogens is 2. The minimum absolute atomic E-state index is 0.172. The maximum Gasteiger partial charge on any atom is 0.227 e. The van der Waals surface area contributed by atoms with Crippen LogP contribution in [0, 0.1) is 5.41 Å². The zero-order valence-electron chi connectivity index (χ0n) is 14.9. The van der Waals surface area contributed by atoms with Crippen LogP contribution in [0.2, 0.25) is 0 Å². The number of hydrogen-bond donors (Lipinski definition) is 0. The summed E-state index contributed by atoms with van der Waals surface area (Å²) in [6.07, 6.45) is 4.46. The zero-order chi connectivity index (χ0) is 16.7. The van der Waals surface area contributed by atoms with Crippen molar-refractivity contribution in [3.63, 3.8) is 0 Å². The maximum absolute atomic E-state index is 5.56. The van der Waals surface area contributed by atoms with Crippen molar-refractivity contribution in [3.8, 4) is 0 Å². The van der Waals surface area contributed by atoms with Gasteiger partial charge in [-0.1, -0.05) is 56.3 Å². The Hall–Kier alpha value is -1.68. The molecule has 3 atom stereocenters. The Morgan fingerprint density at radius 3 is 2.75 bits per heavy atom. The van der Waals surface area contributed by atoms with Crippen LogP contribution in [0.25, 0.3) is 0 Å². The van der Waals surface area contributed by atoms with E-state index in [9.17, 15) is 0 Å². The van der Waals surface area contributed by atoms with E-state index in [1.807, 2.05) is 0 Å². The minimum atomic E-state index is 0.172. The fraction of sp³-hybridized carbons (Fsp3) is 0.600. The van der Waals surface area contributed by atoms with Gasteiger partial charge in [-0.2, -0.15) is 4.98 Å². The lowest BCUT2D eigenvalue weighted by Gasteiger charge is -2.24. The number of benzene rings is 1. The molecule has 0 radical (unpaired) electrons. The smallest absolute Gasteiger partial charge is 0.227 e. The summed E-state index contributed by atoms with van der Waals surface area (Å²) in [5, 5.41) is 4.36. The van der Waals surface area contributed by atoms with Gasteiger partial charge in [0, 0.05) is 24.4 Å². The molecule has 2 aliphatic heterocycles. The Morgan fingerprint density at radius 2 is 2.00 bits per heavy atom. The second-order valence-corrected chi connectivity index (χ2v) is 8.50. The molecular formula is C20H27N3O. The average Bonchev–Trinajstić information content (AvgIpc) is 3.22. The molecule has 0 bridgehead atoms. The van der Waals surface area contributed by atoms with E-state index in [1.54, 1.807) is 0 Å². The first kappa shape index (κ1) is 15.8. The summed E-state index contributed by atoms with van der Waals surface area (Å²) in [4.78, 5) is 7.43. The summed E-state index contributed by atoms with van der Waals surface area (Å²) >= 11 is 0. The number of fused-ring (bicyclic) bond motifs is 1. The summed E-state index contributed by atoms with van der Waals surface area (Å²) in [5.74, 6) is 2.10. The third-order valence-corrected chi connectivity index (χ3v) is 5.37. The van der Waals surface area contributed by atoms with Gasteiger partial charge in [-0.3, -0.25) is 4.90 Å². The van der Waals surface area contributed by atoms with Gasteiger partial charge < -0.3 is 4.52 Å². The largest absolute Gasteiger partial charge is 0.339 e. The van der Waals surface area contributed by atoms with Crippen molar-refractivity contribution in [2.75, 3.05) is 6.54 Å². The normalized spacial score (nSPS) is 27.5. The molecule has 0 amide bonds. The summed E-state index contributed by atoms with van der Waals surface area (Å²) in [6.45, 7) is 7.80. The summed E-state index contributed by atoms with van der Waals surface area (Å²) < 4.78 is 5.56. The summed E-state index contributed by atoms with van der Waals surface area (Å²) in [6, 6.07) is 11.9. The van der Waals surface area contributed by atoms with E-state index in [0.29, 0.717) is 18.0 Å². The van der Waals surface area contributed by atoms with Gasteiger partial charge in [0.1, 0.15) is 0 Å². The van der Waals surface area contributed by atoms with Crippen LogP contribution in [0.3, 0.4) is 0 Å². The van der Waals surface area contributed by atoms with Crippen LogP contribution in [0.5, 0.6) is 0 Å². The highest BCUT2D eigenvalue weighted by atomic mass is 16.5. The molecule has 2 fully saturated rings. The molecular weight excluding hydrogens is 298 g/mol. The number of hydrogen-bond acceptors (Lipinski definition) is 4. The van der Waals surface area contributed by atoms with Crippen LogP contribution in [0.1, 0.15) is 69.3 Å². The average molecular weight is 325 g/mol. The molecule has 0 saturated carbocycles. The van der Waals surface area contributed by atoms with Crippen molar-refractivity contribution in [2.24, 2.45) is 5.41 Å². The van der Waals surface area contributed by atoms with Crippen molar-refractivity contribution in [3.05, 3.63) is 47.6 Å². The second-order valence-electron chi connectivity index (χ2n) is 8.50. The predicted octanol–water partition coefficient (Wildman–Crippen LogP) is 4.35. The molecule has 2 aromatic rings. The standard InChI is InChI=1S/C20H27N3O/c1-20(2,3)13-18-21-19(22-24-18)15-12-17(14-8-5-4-6-9-14)23-11-7-10-16(15)23/h4-6,8-9,15-17H,7,10-13H2,1-3H3/t15-,16+,17-/m1/s1. The minimum Gasteiger partial charge on any atom is -0.339 e. The van der Waals surface area contributed by atoms with Gasteiger partial charge in [-0.25, -0.2) is 0 Å². The highest BCUT2D eigenvalue weighted by Crippen LogP contribution is 2.48. The Bertz CT molecular complexity index is 688. The van der Waals surface area contributed by atoms with Crippen LogP contribution in [-0.2, 0) is 6.42 Å². The summed E-state index contributed by atoms with van der Waals surface area (Å²) in [5.41, 5.74) is 1.59. The number of rotatable bonds is 3. The molecule has 24 heavy (non-hydrogen) atoms. The van der Waals surface area contributed by atoms with Crippen LogP contribution < -0.4 is 0 Å². The molecule has 2 aliphatic rings. The molecule has 1 aromatic carbocycles. The van der Waals surface area contributed by atoms with E-state index in [4.69, 9.17) is 9.51 Å². The first-order chi connectivity index (χ1) is 11.5. The van der Waals surface area contributed by atoms with Gasteiger partial charge in [-0.05, 0) is 36.8 Å². The van der Waals surface area contributed by atoms with Gasteiger partial charge in [-0.15, -0.1) is 0 Å². The molecule has 0 spiro atoms. The Morgan fingerprint density at radius 1 is 1.21 bits per heavy atom. The van der Waals surface area contributed by atoms with E-state index in [2.05, 4.69) is 61.2 Å². The lowest BCUT2D eigenvalue weighted by Crippen LogP contribution is -2.27. The van der Waals surface area contributed by atoms with Gasteiger partial charge in [0.2, 0.25) is 5.89 Å². The molecule has 4 nitrogen and oxygen atoms in total. The Labute approximate surface area is 144 Å². The molecule has 1 aromatic heterocycles. The van der Waals surface area contributed by atoms with Gasteiger partial charge in [0.25, 0.3) is 0 Å². The fourth-order valence-electron chi connectivity index (χ4n) is 4.39. The molecule has 4 rings (SSSR count). The third kappa shape index (κ3) is 3.00. The lowest BCUT2D eigenvalue weighted by atomic mass is 9.92. The highest BCUT2D eigenvalue weighted by molar-refractivity contribution is 5.24. The Kier molecular flexibility index (Phi) is 3.95. The lowest BCUT2D eigenvalue weighted by molar-refractivity contribution is 0.243. The molecule has 0 unspecified atom stereocenters. The monoisotopic (exact) mass is 325 g/mol. The van der Waals surface area contributed by atoms with E-state index in [0.717, 1.165) is 24.6 Å². The topological polar surface area (TPSA) is 42.2 Å². The third-order valence-electron chi connectivity index (χ3n) is 5.37. The SMILES string of the molecule is CC(C)(C)Cc1nc([C@@H]2C[C@H](c3ccccc3)N3CCC[C@@H]23)no1. The van der Waals surface area contributed by atoms with E-state index >= 15 is 0 Å². The number of nitrogens with zero attached hydrogens (tertiary/aromatic N) is 3. The first-order valence-electron chi connectivity index (χ1n) is 9.14. The van der Waals surface area contributed by atoms with Crippen molar-refractivity contribution in [2.45, 2.75) is 64.5 Å². The van der Waals surface area contributed by atoms with E-state index in [-0.39, 0.29) is 5.41 Å². The molecule has 2 saturated heterocycles. The van der Waals surface area contributed by atoms with Crippen molar-refractivity contribution in [1.82, 2.24) is 15.0 Å². The zero-order valence-corrected chi connectivity index (χ0v) is 14.9. The van der Waals surface area contributed by atoms with Crippen molar-refractivity contribution >= 4 is 0 Å². The second kappa shape index (κ2) is 5.99. The van der Waals surface area contributed by atoms with Crippen LogP contribution in [-0.4, -0.2) is 27.6 Å². The molecule has 0 aliphatic carbocycles. The van der Waals surface area contributed by atoms with Crippen LogP contribution in [0.15, 0.2) is 34.9 Å². The maximum atomic E-state index is 5.56.